The van der Waals surface area contributed by atoms with E-state index in [-0.39, 0.29) is 0 Å². The van der Waals surface area contributed by atoms with Gasteiger partial charge in [-0.15, -0.1) is 0 Å². The number of rotatable bonds is 0. The molecular weight excluding hydrogens is 175 g/mol. The lowest BCUT2D eigenvalue weighted by molar-refractivity contribution is 0.368. The van der Waals surface area contributed by atoms with Gasteiger partial charge in [0.2, 0.25) is 0 Å². The van der Waals surface area contributed by atoms with Crippen molar-refractivity contribution in [2.24, 2.45) is 0 Å². The molecule has 0 radical (unpaired) electrons. The van der Waals surface area contributed by atoms with Gasteiger partial charge in [0.1, 0.15) is 0 Å². The van der Waals surface area contributed by atoms with Crippen LogP contribution in [0.15, 0.2) is 18.6 Å². The Hall–Kier alpha value is -1.14. The van der Waals surface area contributed by atoms with Gasteiger partial charge in [-0.2, -0.15) is 0 Å². The molecule has 0 aliphatic heterocycles. The lowest BCUT2D eigenvalue weighted by Crippen LogP contribution is -2.02. The van der Waals surface area contributed by atoms with Gasteiger partial charge in [-0.1, -0.05) is 0 Å². The van der Waals surface area contributed by atoms with E-state index in [4.69, 9.17) is 0 Å². The van der Waals surface area contributed by atoms with Crippen molar-refractivity contribution >= 4 is 7.25 Å². The Bertz CT molecular complexity index is 206. The summed E-state index contributed by atoms with van der Waals surface area (Å²) < 4.78 is 39.0. The highest BCUT2D eigenvalue weighted by atomic mass is 19.5. The second-order valence-electron chi connectivity index (χ2n) is 1.84. The summed E-state index contributed by atoms with van der Waals surface area (Å²) in [5.41, 5.74) is 0.961. The van der Waals surface area contributed by atoms with Crippen LogP contribution in [0, 0.1) is 6.92 Å². The molecule has 1 aromatic heterocycles. The van der Waals surface area contributed by atoms with Gasteiger partial charge < -0.3 is 17.3 Å². The first kappa shape index (κ1) is 10.9. The van der Waals surface area contributed by atoms with Crippen LogP contribution in [0.3, 0.4) is 0 Å². The number of hydrogen-bond donors (Lipinski definition) is 0. The van der Waals surface area contributed by atoms with E-state index >= 15 is 0 Å². The lowest BCUT2D eigenvalue weighted by atomic mass is 10.3. The maximum atomic E-state index is 9.75. The van der Waals surface area contributed by atoms with Crippen molar-refractivity contribution in [3.63, 3.8) is 0 Å². The van der Waals surface area contributed by atoms with Crippen molar-refractivity contribution in [2.75, 3.05) is 0 Å². The van der Waals surface area contributed by atoms with E-state index in [0.717, 1.165) is 5.69 Å². The minimum atomic E-state index is -6.00. The molecule has 0 saturated carbocycles. The first-order chi connectivity index (χ1) is 5.39. The van der Waals surface area contributed by atoms with Crippen LogP contribution in [0.5, 0.6) is 0 Å². The average Bonchev–Trinajstić information content (AvgIpc) is 1.85. The fourth-order valence-corrected chi connectivity index (χ4v) is 0.374. The molecule has 0 bridgehead atoms. The number of hydrogen-bond acceptors (Lipinski definition) is 2. The lowest BCUT2D eigenvalue weighted by Gasteiger charge is -1.94. The fourth-order valence-electron chi connectivity index (χ4n) is 0.374. The number of aromatic nitrogens is 2. The summed E-state index contributed by atoms with van der Waals surface area (Å²) in [5, 5.41) is 0. The van der Waals surface area contributed by atoms with Crippen molar-refractivity contribution < 1.29 is 17.3 Å². The molecule has 0 aliphatic carbocycles. The van der Waals surface area contributed by atoms with Gasteiger partial charge in [0.15, 0.2) is 0 Å². The molecule has 0 spiro atoms. The van der Waals surface area contributed by atoms with Crippen molar-refractivity contribution in [1.29, 1.82) is 0 Å². The largest absolute Gasteiger partial charge is 0.673 e. The zero-order valence-electron chi connectivity index (χ0n) is 6.22. The van der Waals surface area contributed by atoms with Gasteiger partial charge in [0.05, 0.1) is 5.69 Å². The second kappa shape index (κ2) is 4.68. The summed E-state index contributed by atoms with van der Waals surface area (Å²) in [6.07, 6.45) is 5.06. The summed E-state index contributed by atoms with van der Waals surface area (Å²) in [6.45, 7) is 1.91. The Labute approximate surface area is 66.8 Å². The normalized spacial score (nSPS) is 10.1. The van der Waals surface area contributed by atoms with Gasteiger partial charge in [0.25, 0.3) is 0 Å². The molecule has 0 fully saturated rings. The van der Waals surface area contributed by atoms with Crippen LogP contribution in [-0.2, 0) is 0 Å². The van der Waals surface area contributed by atoms with Crippen LogP contribution in [0.2, 0.25) is 0 Å². The predicted octanol–water partition coefficient (Wildman–Crippen LogP) is 2.09. The highest BCUT2D eigenvalue weighted by Gasteiger charge is 2.20. The molecule has 68 valence electrons. The van der Waals surface area contributed by atoms with E-state index in [1.807, 2.05) is 6.92 Å². The molecule has 1 rings (SSSR count). The first-order valence-electron chi connectivity index (χ1n) is 2.99. The summed E-state index contributed by atoms with van der Waals surface area (Å²) in [5.74, 6) is 0. The minimum Gasteiger partial charge on any atom is -0.418 e. The van der Waals surface area contributed by atoms with Crippen LogP contribution in [0.25, 0.3) is 0 Å². The van der Waals surface area contributed by atoms with Gasteiger partial charge in [-0.05, 0) is 6.92 Å². The van der Waals surface area contributed by atoms with Crippen LogP contribution in [-0.4, -0.2) is 17.2 Å². The van der Waals surface area contributed by atoms with Gasteiger partial charge >= 0.3 is 7.25 Å². The molecule has 0 unspecified atom stereocenters. The number of nitrogens with zero attached hydrogens (tertiary/aromatic N) is 2. The third kappa shape index (κ3) is 11.6. The van der Waals surface area contributed by atoms with Crippen LogP contribution < -0.4 is 0 Å². The maximum Gasteiger partial charge on any atom is 0.673 e. The maximum absolute atomic E-state index is 9.75. The third-order valence-corrected chi connectivity index (χ3v) is 0.692. The van der Waals surface area contributed by atoms with E-state index < -0.39 is 7.25 Å². The summed E-state index contributed by atoms with van der Waals surface area (Å²) in [4.78, 5) is 7.74. The molecule has 2 nitrogen and oxygen atoms in total. The number of aryl methyl sites for hydroxylation is 1. The predicted molar refractivity (Wildman–Crippen MR) is 37.0 cm³/mol. The van der Waals surface area contributed by atoms with E-state index in [1.54, 1.807) is 18.6 Å². The van der Waals surface area contributed by atoms with E-state index in [0.29, 0.717) is 0 Å². The minimum absolute atomic E-state index is 0.961. The zero-order chi connectivity index (χ0) is 9.61. The fraction of sp³-hybridized carbons (Fsp3) is 0.200. The SMILES string of the molecule is Cc1cnccn1.F[B-](F)(F)F. The van der Waals surface area contributed by atoms with Gasteiger partial charge in [0, 0.05) is 18.6 Å². The Kier molecular flexibility index (Phi) is 4.24. The molecule has 0 aliphatic rings. The van der Waals surface area contributed by atoms with Crippen molar-refractivity contribution in [2.45, 2.75) is 6.92 Å². The highest BCUT2D eigenvalue weighted by molar-refractivity contribution is 6.50. The Morgan fingerprint density at radius 2 is 1.67 bits per heavy atom. The van der Waals surface area contributed by atoms with E-state index in [1.165, 1.54) is 0 Å². The highest BCUT2D eigenvalue weighted by Crippen LogP contribution is 2.06. The topological polar surface area (TPSA) is 25.8 Å². The van der Waals surface area contributed by atoms with Crippen LogP contribution >= 0.6 is 0 Å². The zero-order valence-corrected chi connectivity index (χ0v) is 6.22. The standard InChI is InChI=1S/C5H6N2.BF4/c1-5-4-6-2-3-7-5;2-1(3,4)5/h2-4H,1H3;/q;-1. The smallest absolute Gasteiger partial charge is 0.418 e. The third-order valence-electron chi connectivity index (χ3n) is 0.692. The molecule has 1 aromatic rings. The van der Waals surface area contributed by atoms with E-state index in [9.17, 15) is 17.3 Å². The molecule has 0 N–H and O–H groups in total. The summed E-state index contributed by atoms with van der Waals surface area (Å²) in [6, 6.07) is 0. The Balaban J connectivity index is 0.000000217. The summed E-state index contributed by atoms with van der Waals surface area (Å²) >= 11 is 0. The molecule has 0 atom stereocenters. The van der Waals surface area contributed by atoms with Gasteiger partial charge in [-0.25, -0.2) is 0 Å². The van der Waals surface area contributed by atoms with Crippen LogP contribution in [0.1, 0.15) is 5.69 Å². The molecule has 0 saturated heterocycles. The molecule has 1 heterocycles. The number of halogens is 4. The van der Waals surface area contributed by atoms with Crippen molar-refractivity contribution in [3.05, 3.63) is 24.3 Å². The Morgan fingerprint density at radius 1 is 1.17 bits per heavy atom. The Morgan fingerprint density at radius 3 is 1.83 bits per heavy atom. The van der Waals surface area contributed by atoms with Crippen LogP contribution in [0.4, 0.5) is 17.3 Å². The molecule has 0 amide bonds. The quantitative estimate of drug-likeness (QED) is 0.452. The second-order valence-corrected chi connectivity index (χ2v) is 1.84. The molecule has 12 heavy (non-hydrogen) atoms. The monoisotopic (exact) mass is 181 g/mol. The molecular formula is C5H6BF4N2-. The van der Waals surface area contributed by atoms with Crippen molar-refractivity contribution in [1.82, 2.24) is 9.97 Å². The molecule has 0 aromatic carbocycles. The first-order valence-corrected chi connectivity index (χ1v) is 2.99. The van der Waals surface area contributed by atoms with Gasteiger partial charge in [-0.3, -0.25) is 9.97 Å². The summed E-state index contributed by atoms with van der Waals surface area (Å²) in [7, 11) is -6.00. The molecule has 7 heteroatoms. The van der Waals surface area contributed by atoms with E-state index in [2.05, 4.69) is 9.97 Å². The average molecular weight is 181 g/mol. The van der Waals surface area contributed by atoms with Crippen molar-refractivity contribution in [3.8, 4) is 0 Å².